The summed E-state index contributed by atoms with van der Waals surface area (Å²) in [7, 11) is 28.6. The second kappa shape index (κ2) is 8.81. The number of thiophene rings is 1. The highest BCUT2D eigenvalue weighted by molar-refractivity contribution is 7.11. The fourth-order valence-corrected chi connectivity index (χ4v) is 3.91. The van der Waals surface area contributed by atoms with Crippen molar-refractivity contribution in [1.29, 1.82) is 0 Å². The number of H-pyrrole nitrogens is 1. The van der Waals surface area contributed by atoms with Crippen LogP contribution in [0.3, 0.4) is 0 Å². The quantitative estimate of drug-likeness (QED) is 0.542. The van der Waals surface area contributed by atoms with Gasteiger partial charge in [0.2, 0.25) is 0 Å². The summed E-state index contributed by atoms with van der Waals surface area (Å²) in [6.45, 7) is -2.72. The molecule has 11 heteroatoms. The Balaban J connectivity index is 1.87. The third-order valence-electron chi connectivity index (χ3n) is 4.95. The molecule has 4 nitrogen and oxygen atoms in total. The predicted molar refractivity (Wildman–Crippen MR) is 119 cm³/mol. The van der Waals surface area contributed by atoms with E-state index in [0.717, 1.165) is 10.4 Å². The lowest BCUT2D eigenvalue weighted by atomic mass is 9.31. The van der Waals surface area contributed by atoms with Gasteiger partial charge in [-0.2, -0.15) is 8.78 Å². The monoisotopic (exact) mass is 420 g/mol. The summed E-state index contributed by atoms with van der Waals surface area (Å²) in [6, 6.07) is 9.01. The molecule has 0 saturated carbocycles. The van der Waals surface area contributed by atoms with Crippen molar-refractivity contribution in [3.8, 4) is 5.75 Å². The highest BCUT2D eigenvalue weighted by Gasteiger charge is 2.39. The van der Waals surface area contributed by atoms with Gasteiger partial charge in [0.25, 0.3) is 0 Å². The Morgan fingerprint density at radius 1 is 1.07 bits per heavy atom. The minimum absolute atomic E-state index is 0.150. The molecule has 148 valence electrons. The molecule has 0 saturated heterocycles. The van der Waals surface area contributed by atoms with Crippen LogP contribution in [0.1, 0.15) is 15.3 Å². The van der Waals surface area contributed by atoms with Crippen LogP contribution in [0.5, 0.6) is 5.75 Å². The first-order chi connectivity index (χ1) is 14.0. The number of nitrogens with zero attached hydrogens (tertiary/aromatic N) is 1. The van der Waals surface area contributed by atoms with E-state index in [1.165, 1.54) is 11.3 Å². The topological polar surface area (TPSA) is 37.5 Å². The molecule has 0 bridgehead atoms. The van der Waals surface area contributed by atoms with Crippen molar-refractivity contribution in [2.75, 3.05) is 14.1 Å². The minimum atomic E-state index is -2.80. The average molecular weight is 420 g/mol. The van der Waals surface area contributed by atoms with Crippen molar-refractivity contribution in [1.82, 2.24) is 9.88 Å². The average Bonchev–Trinajstić information content (AvgIpc) is 3.31. The van der Waals surface area contributed by atoms with Gasteiger partial charge in [0.05, 0.1) is 38.0 Å². The Hall–Kier alpha value is -1.70. The van der Waals surface area contributed by atoms with E-state index < -0.39 is 17.2 Å². The number of likely N-dealkylation sites (N-methyl/N-ethyl adjacent to an activating group) is 1. The number of rotatable bonds is 9. The molecule has 0 amide bonds. The Morgan fingerprint density at radius 2 is 1.73 bits per heavy atom. The number of ether oxygens (including phenoxy) is 2. The molecule has 0 unspecified atom stereocenters. The normalized spacial score (nSPS) is 12.9. The van der Waals surface area contributed by atoms with E-state index in [4.69, 9.17) is 36.1 Å². The third-order valence-corrected chi connectivity index (χ3v) is 5.99. The maximum atomic E-state index is 12.2. The molecule has 3 aromatic rings. The molecule has 0 aliphatic heterocycles. The molecule has 2 aromatic heterocycles. The maximum Gasteiger partial charge on any atom is 0.345 e. The van der Waals surface area contributed by atoms with Gasteiger partial charge in [-0.15, -0.1) is 11.3 Å². The van der Waals surface area contributed by atoms with E-state index >= 15 is 0 Å². The van der Waals surface area contributed by atoms with Gasteiger partial charge >= 0.3 is 6.61 Å². The maximum absolute atomic E-state index is 12.2. The van der Waals surface area contributed by atoms with E-state index in [0.29, 0.717) is 21.6 Å². The number of hydrogen-bond acceptors (Lipinski definition) is 4. The fourth-order valence-electron chi connectivity index (χ4n) is 3.06. The molecule has 1 N–H and O–H groups in total. The van der Waals surface area contributed by atoms with Crippen LogP contribution in [-0.4, -0.2) is 67.3 Å². The molecular formula is C19H18B4F2N2O2S. The first-order valence-electron chi connectivity index (χ1n) is 9.07. The molecule has 1 aromatic carbocycles. The van der Waals surface area contributed by atoms with Crippen molar-refractivity contribution < 1.29 is 18.3 Å². The first-order valence-corrected chi connectivity index (χ1v) is 9.89. The summed E-state index contributed by atoms with van der Waals surface area (Å²) in [5, 5.41) is -2.47. The highest BCUT2D eigenvalue weighted by Crippen LogP contribution is 2.38. The first kappa shape index (κ1) is 23.0. The van der Waals surface area contributed by atoms with Crippen LogP contribution in [0, 0.1) is 0 Å². The van der Waals surface area contributed by atoms with Gasteiger partial charge in [-0.1, -0.05) is 16.6 Å². The predicted octanol–water partition coefficient (Wildman–Crippen LogP) is 2.59. The zero-order valence-corrected chi connectivity index (χ0v) is 17.5. The summed E-state index contributed by atoms with van der Waals surface area (Å²) < 4.78 is 34.7. The lowest BCUT2D eigenvalue weighted by molar-refractivity contribution is -0.136. The zero-order valence-electron chi connectivity index (χ0n) is 16.7. The van der Waals surface area contributed by atoms with E-state index in [-0.39, 0.29) is 13.2 Å². The van der Waals surface area contributed by atoms with Crippen molar-refractivity contribution in [3.63, 3.8) is 0 Å². The van der Waals surface area contributed by atoms with E-state index in [2.05, 4.69) is 9.72 Å². The van der Waals surface area contributed by atoms with E-state index in [1.807, 2.05) is 12.1 Å². The van der Waals surface area contributed by atoms with Gasteiger partial charge in [0, 0.05) is 26.9 Å². The number of alkyl halides is 2. The number of fused-ring (bicyclic) bond motifs is 1. The molecule has 8 radical (unpaired) electrons. The Kier molecular flexibility index (Phi) is 6.75. The lowest BCUT2D eigenvalue weighted by Crippen LogP contribution is -2.62. The van der Waals surface area contributed by atoms with Crippen molar-refractivity contribution in [2.24, 2.45) is 0 Å². The van der Waals surface area contributed by atoms with Crippen molar-refractivity contribution in [2.45, 2.75) is 30.4 Å². The molecule has 0 aliphatic carbocycles. The van der Waals surface area contributed by atoms with Gasteiger partial charge in [-0.3, -0.25) is 0 Å². The summed E-state index contributed by atoms with van der Waals surface area (Å²) in [4.78, 5) is 6.20. The summed E-state index contributed by atoms with van der Waals surface area (Å²) in [5.41, 5.74) is 1.26. The number of benzene rings is 1. The van der Waals surface area contributed by atoms with Crippen LogP contribution in [-0.2, 0) is 23.2 Å². The van der Waals surface area contributed by atoms with Gasteiger partial charge in [-0.05, 0) is 43.9 Å². The summed E-state index contributed by atoms with van der Waals surface area (Å²) in [5.74, 6) is 0.539. The molecule has 30 heavy (non-hydrogen) atoms. The molecule has 0 spiro atoms. The van der Waals surface area contributed by atoms with Crippen molar-refractivity contribution in [3.05, 3.63) is 51.8 Å². The number of aromatic nitrogens is 1. The molecule has 2 heterocycles. The minimum Gasteiger partial charge on any atom is -0.487 e. The Morgan fingerprint density at radius 3 is 2.37 bits per heavy atom. The van der Waals surface area contributed by atoms with E-state index in [9.17, 15) is 8.78 Å². The molecular weight excluding hydrogens is 402 g/mol. The molecule has 0 atom stereocenters. The van der Waals surface area contributed by atoms with Gasteiger partial charge in [-0.25, -0.2) is 0 Å². The third kappa shape index (κ3) is 4.48. The van der Waals surface area contributed by atoms with Crippen LogP contribution in [0.25, 0.3) is 10.9 Å². The largest absolute Gasteiger partial charge is 0.487 e. The summed E-state index contributed by atoms with van der Waals surface area (Å²) >= 11 is 1.33. The zero-order chi connectivity index (χ0) is 22.1. The number of aromatic amines is 1. The van der Waals surface area contributed by atoms with Crippen LogP contribution in [0.15, 0.2) is 36.5 Å². The van der Waals surface area contributed by atoms with Gasteiger partial charge in [0.15, 0.2) is 0 Å². The van der Waals surface area contributed by atoms with Crippen LogP contribution < -0.4 is 4.74 Å². The Labute approximate surface area is 183 Å². The fraction of sp³-hybridized carbons (Fsp3) is 0.368. The standard InChI is InChI=1S/C19H18B4F2N2O2S/c1-27(2)19(22,23)18(20,21)13-8-26-14-4-3-5-15(16(13)14)28-9-11-6-7-12(30-11)10-29-17(24)25/h3-8,17,26H,9-10H2,1-2H3. The second-order valence-corrected chi connectivity index (χ2v) is 8.45. The van der Waals surface area contributed by atoms with Gasteiger partial charge in [0.1, 0.15) is 12.4 Å². The van der Waals surface area contributed by atoms with Crippen LogP contribution >= 0.6 is 11.3 Å². The van der Waals surface area contributed by atoms with Crippen LogP contribution in [0.2, 0.25) is 0 Å². The van der Waals surface area contributed by atoms with Gasteiger partial charge < -0.3 is 19.4 Å². The van der Waals surface area contributed by atoms with Crippen LogP contribution in [0.4, 0.5) is 8.78 Å². The highest BCUT2D eigenvalue weighted by atomic mass is 32.1. The summed E-state index contributed by atoms with van der Waals surface area (Å²) in [6.07, 6.45) is 1.67. The number of hydrogen-bond donors (Lipinski definition) is 1. The smallest absolute Gasteiger partial charge is 0.345 e. The second-order valence-electron chi connectivity index (χ2n) is 7.20. The Bertz CT molecular complexity index is 1010. The lowest BCUT2D eigenvalue weighted by Gasteiger charge is -2.49. The molecule has 3 rings (SSSR count). The SMILES string of the molecule is [B]C([B])(c1c[nH]c2cccc(OCc3ccc(COC(F)F)s3)c12)C([B])([B])N(C)C. The number of halogens is 2. The van der Waals surface area contributed by atoms with Crippen molar-refractivity contribution >= 4 is 53.6 Å². The van der Waals surface area contributed by atoms with E-state index in [1.54, 1.807) is 43.4 Å². The number of nitrogens with one attached hydrogen (secondary N) is 1. The molecule has 0 aliphatic rings. The molecule has 0 fully saturated rings.